The number of nitrogens with zero attached hydrogens (tertiary/aromatic N) is 1. The van der Waals surface area contributed by atoms with Crippen LogP contribution in [0.5, 0.6) is 5.75 Å². The summed E-state index contributed by atoms with van der Waals surface area (Å²) < 4.78 is 17.1. The van der Waals surface area contributed by atoms with Crippen molar-refractivity contribution in [1.82, 2.24) is 5.32 Å². The van der Waals surface area contributed by atoms with Gasteiger partial charge in [0.05, 0.1) is 18.8 Å². The van der Waals surface area contributed by atoms with Gasteiger partial charge in [-0.25, -0.2) is 0 Å². The van der Waals surface area contributed by atoms with Gasteiger partial charge in [-0.15, -0.1) is 0 Å². The molecule has 1 aromatic carbocycles. The van der Waals surface area contributed by atoms with Crippen LogP contribution in [0.4, 0.5) is 5.69 Å². The number of amides is 1. The predicted octanol–water partition coefficient (Wildman–Crippen LogP) is 3.33. The van der Waals surface area contributed by atoms with E-state index >= 15 is 0 Å². The summed E-state index contributed by atoms with van der Waals surface area (Å²) in [5.74, 6) is 1.54. The zero-order valence-electron chi connectivity index (χ0n) is 18.3. The van der Waals surface area contributed by atoms with Crippen molar-refractivity contribution in [2.24, 2.45) is 11.3 Å². The standard InChI is InChI=1S/C22H35N2O5P/c1-22(2,3)17-4-6-18(7-5-17)29-19-8-9-20-16(14-19)10-12-24(20)21(25)15-23-11-13-30(26,27)28/h8-9,14,17-18,23H,4-7,10-13,15H2,1-3H3,(H2,26,27,28). The first-order valence-corrected chi connectivity index (χ1v) is 12.7. The number of nitrogens with one attached hydrogen (secondary N) is 1. The van der Waals surface area contributed by atoms with E-state index in [2.05, 4.69) is 32.2 Å². The highest BCUT2D eigenvalue weighted by Crippen LogP contribution is 2.39. The van der Waals surface area contributed by atoms with Crippen LogP contribution in [0.2, 0.25) is 0 Å². The fourth-order valence-electron chi connectivity index (χ4n) is 4.47. The summed E-state index contributed by atoms with van der Waals surface area (Å²) in [6.45, 7) is 7.75. The second-order valence-corrected chi connectivity index (χ2v) is 11.4. The lowest BCUT2D eigenvalue weighted by Gasteiger charge is -2.37. The summed E-state index contributed by atoms with van der Waals surface area (Å²) in [7, 11) is -4.04. The molecular formula is C22H35N2O5P. The summed E-state index contributed by atoms with van der Waals surface area (Å²) in [5.41, 5.74) is 2.37. The molecular weight excluding hydrogens is 403 g/mol. The largest absolute Gasteiger partial charge is 0.490 e. The second-order valence-electron chi connectivity index (χ2n) is 9.61. The number of ether oxygens (including phenoxy) is 1. The molecule has 168 valence electrons. The minimum absolute atomic E-state index is 0.0642. The van der Waals surface area contributed by atoms with Crippen LogP contribution >= 0.6 is 7.60 Å². The lowest BCUT2D eigenvalue weighted by molar-refractivity contribution is -0.117. The van der Waals surface area contributed by atoms with E-state index in [1.807, 2.05) is 12.1 Å². The van der Waals surface area contributed by atoms with Crippen LogP contribution in [-0.4, -0.2) is 47.6 Å². The highest BCUT2D eigenvalue weighted by molar-refractivity contribution is 7.51. The van der Waals surface area contributed by atoms with Crippen LogP contribution in [0.3, 0.4) is 0 Å². The van der Waals surface area contributed by atoms with E-state index in [0.717, 1.165) is 42.2 Å². The maximum absolute atomic E-state index is 12.5. The number of hydrogen-bond donors (Lipinski definition) is 3. The summed E-state index contributed by atoms with van der Waals surface area (Å²) >= 11 is 0. The minimum Gasteiger partial charge on any atom is -0.490 e. The van der Waals surface area contributed by atoms with Crippen LogP contribution in [-0.2, 0) is 15.8 Å². The molecule has 30 heavy (non-hydrogen) atoms. The normalized spacial score (nSPS) is 22.1. The molecule has 0 bridgehead atoms. The fourth-order valence-corrected chi connectivity index (χ4v) is 4.91. The molecule has 3 N–H and O–H groups in total. The summed E-state index contributed by atoms with van der Waals surface area (Å²) in [6.07, 6.45) is 5.37. The number of rotatable bonds is 7. The molecule has 0 spiro atoms. The summed E-state index contributed by atoms with van der Waals surface area (Å²) in [4.78, 5) is 32.0. The highest BCUT2D eigenvalue weighted by Gasteiger charge is 2.31. The third kappa shape index (κ3) is 6.30. The molecule has 8 heteroatoms. The van der Waals surface area contributed by atoms with Gasteiger partial charge >= 0.3 is 7.60 Å². The van der Waals surface area contributed by atoms with E-state index in [1.54, 1.807) is 4.90 Å². The summed E-state index contributed by atoms with van der Waals surface area (Å²) in [5, 5.41) is 2.82. The number of carbonyl (C=O) groups excluding carboxylic acids is 1. The Morgan fingerprint density at radius 2 is 1.93 bits per heavy atom. The molecule has 1 aliphatic heterocycles. The maximum atomic E-state index is 12.5. The molecule has 0 unspecified atom stereocenters. The van der Waals surface area contributed by atoms with Crippen molar-refractivity contribution in [2.45, 2.75) is 59.0 Å². The average Bonchev–Trinajstić information content (AvgIpc) is 3.07. The van der Waals surface area contributed by atoms with Crippen molar-refractivity contribution < 1.29 is 23.9 Å². The zero-order chi connectivity index (χ0) is 21.9. The Balaban J connectivity index is 1.51. The smallest absolute Gasteiger partial charge is 0.326 e. The van der Waals surface area contributed by atoms with Gasteiger partial charge in [0.1, 0.15) is 5.75 Å². The molecule has 0 radical (unpaired) electrons. The molecule has 1 fully saturated rings. The van der Waals surface area contributed by atoms with Crippen molar-refractivity contribution in [3.8, 4) is 5.75 Å². The van der Waals surface area contributed by atoms with E-state index in [-0.39, 0.29) is 31.3 Å². The lowest BCUT2D eigenvalue weighted by atomic mass is 9.72. The van der Waals surface area contributed by atoms with Crippen molar-refractivity contribution in [3.63, 3.8) is 0 Å². The first kappa shape index (κ1) is 23.3. The fraction of sp³-hybridized carbons (Fsp3) is 0.682. The second kappa shape index (κ2) is 9.39. The lowest BCUT2D eigenvalue weighted by Crippen LogP contribution is -2.38. The van der Waals surface area contributed by atoms with Crippen LogP contribution in [0.25, 0.3) is 0 Å². The number of benzene rings is 1. The number of hydrogen-bond acceptors (Lipinski definition) is 4. The number of fused-ring (bicyclic) bond motifs is 1. The van der Waals surface area contributed by atoms with Gasteiger partial charge in [-0.2, -0.15) is 0 Å². The zero-order valence-corrected chi connectivity index (χ0v) is 19.2. The third-order valence-electron chi connectivity index (χ3n) is 6.31. The minimum atomic E-state index is -4.04. The Bertz CT molecular complexity index is 793. The van der Waals surface area contributed by atoms with Crippen molar-refractivity contribution in [3.05, 3.63) is 23.8 Å². The molecule has 1 heterocycles. The molecule has 1 saturated carbocycles. The number of anilines is 1. The molecule has 0 aromatic heterocycles. The van der Waals surface area contributed by atoms with Crippen molar-refractivity contribution in [2.75, 3.05) is 30.7 Å². The van der Waals surface area contributed by atoms with Gasteiger partial charge < -0.3 is 24.7 Å². The van der Waals surface area contributed by atoms with Crippen molar-refractivity contribution in [1.29, 1.82) is 0 Å². The monoisotopic (exact) mass is 438 g/mol. The van der Waals surface area contributed by atoms with Crippen LogP contribution < -0.4 is 15.0 Å². The molecule has 1 aliphatic carbocycles. The Hall–Kier alpha value is -1.40. The van der Waals surface area contributed by atoms with Crippen LogP contribution in [0.1, 0.15) is 52.0 Å². The van der Waals surface area contributed by atoms with Gasteiger partial charge in [-0.05, 0) is 67.2 Å². The molecule has 0 atom stereocenters. The van der Waals surface area contributed by atoms with Gasteiger partial charge in [0.2, 0.25) is 5.91 Å². The molecule has 1 amide bonds. The predicted molar refractivity (Wildman–Crippen MR) is 118 cm³/mol. The van der Waals surface area contributed by atoms with E-state index < -0.39 is 7.60 Å². The van der Waals surface area contributed by atoms with Gasteiger partial charge in [-0.1, -0.05) is 20.8 Å². The Morgan fingerprint density at radius 3 is 2.57 bits per heavy atom. The molecule has 3 rings (SSSR count). The van der Waals surface area contributed by atoms with E-state index in [4.69, 9.17) is 14.5 Å². The first-order chi connectivity index (χ1) is 14.0. The number of carbonyl (C=O) groups is 1. The highest BCUT2D eigenvalue weighted by atomic mass is 31.2. The topological polar surface area (TPSA) is 99.1 Å². The average molecular weight is 439 g/mol. The molecule has 0 saturated heterocycles. The molecule has 2 aliphatic rings. The maximum Gasteiger partial charge on any atom is 0.326 e. The van der Waals surface area contributed by atoms with Gasteiger partial charge in [0.15, 0.2) is 0 Å². The van der Waals surface area contributed by atoms with E-state index in [9.17, 15) is 9.36 Å². The van der Waals surface area contributed by atoms with Crippen LogP contribution in [0.15, 0.2) is 18.2 Å². The van der Waals surface area contributed by atoms with Crippen molar-refractivity contribution >= 4 is 19.2 Å². The summed E-state index contributed by atoms with van der Waals surface area (Å²) in [6, 6.07) is 5.95. The Labute approximate surface area is 179 Å². The SMILES string of the molecule is CC(C)(C)C1CCC(Oc2ccc3c(c2)CCN3C(=O)CNCCP(=O)(O)O)CC1. The molecule has 7 nitrogen and oxygen atoms in total. The van der Waals surface area contributed by atoms with E-state index in [1.165, 1.54) is 12.8 Å². The molecule has 1 aromatic rings. The Kier molecular flexibility index (Phi) is 7.28. The van der Waals surface area contributed by atoms with E-state index in [0.29, 0.717) is 12.0 Å². The quantitative estimate of drug-likeness (QED) is 0.446. The van der Waals surface area contributed by atoms with Gasteiger partial charge in [0, 0.05) is 18.8 Å². The van der Waals surface area contributed by atoms with Gasteiger partial charge in [0.25, 0.3) is 0 Å². The Morgan fingerprint density at radius 1 is 1.23 bits per heavy atom. The van der Waals surface area contributed by atoms with Crippen LogP contribution in [0, 0.1) is 11.3 Å². The first-order valence-electron chi connectivity index (χ1n) is 10.9. The third-order valence-corrected chi connectivity index (χ3v) is 7.11. The van der Waals surface area contributed by atoms with Gasteiger partial charge in [-0.3, -0.25) is 9.36 Å².